The summed E-state index contributed by atoms with van der Waals surface area (Å²) in [5, 5.41) is 13.6. The van der Waals surface area contributed by atoms with E-state index >= 15 is 0 Å². The lowest BCUT2D eigenvalue weighted by molar-refractivity contribution is -0.139. The number of hydrogen-bond acceptors (Lipinski definition) is 7. The van der Waals surface area contributed by atoms with Gasteiger partial charge in [0.25, 0.3) is 0 Å². The fourth-order valence-electron chi connectivity index (χ4n) is 5.01. The molecule has 1 aliphatic heterocycles. The molecule has 0 saturated carbocycles. The van der Waals surface area contributed by atoms with E-state index in [9.17, 15) is 14.7 Å². The molecule has 2 aliphatic rings. The number of carbonyl (C=O) groups excluding carboxylic acids is 2. The molecule has 7 nitrogen and oxygen atoms in total. The van der Waals surface area contributed by atoms with Crippen LogP contribution in [0.4, 0.5) is 0 Å². The Morgan fingerprint density at radius 1 is 1.08 bits per heavy atom. The van der Waals surface area contributed by atoms with E-state index in [0.717, 1.165) is 17.0 Å². The topological polar surface area (TPSA) is 94.1 Å². The summed E-state index contributed by atoms with van der Waals surface area (Å²) in [6.07, 6.45) is 1.66. The summed E-state index contributed by atoms with van der Waals surface area (Å²) in [7, 11) is 1.63. The summed E-state index contributed by atoms with van der Waals surface area (Å²) < 4.78 is 16.4. The Bertz CT molecular complexity index is 1210. The van der Waals surface area contributed by atoms with Gasteiger partial charge in [-0.25, -0.2) is 4.79 Å². The highest BCUT2D eigenvalue weighted by atomic mass is 16.5. The molecule has 1 heterocycles. The molecular formula is C29H33NO6. The number of methoxy groups -OCH3 is 1. The maximum absolute atomic E-state index is 13.7. The normalized spacial score (nSPS) is 19.5. The van der Waals surface area contributed by atoms with Crippen LogP contribution in [0.1, 0.15) is 63.0 Å². The average molecular weight is 492 g/mol. The first-order valence-electron chi connectivity index (χ1n) is 12.4. The Morgan fingerprint density at radius 3 is 2.47 bits per heavy atom. The number of dihydropyridines is 1. The van der Waals surface area contributed by atoms with Gasteiger partial charge in [-0.05, 0) is 68.0 Å². The molecule has 2 atom stereocenters. The van der Waals surface area contributed by atoms with Gasteiger partial charge in [-0.2, -0.15) is 0 Å². The van der Waals surface area contributed by atoms with Crippen molar-refractivity contribution in [3.8, 4) is 17.2 Å². The minimum Gasteiger partial charge on any atom is -0.504 e. The number of phenolic OH excluding ortho intramolecular Hbond substituents is 1. The molecule has 0 bridgehead atoms. The van der Waals surface area contributed by atoms with Crippen LogP contribution in [0.3, 0.4) is 0 Å². The van der Waals surface area contributed by atoms with E-state index in [1.165, 1.54) is 0 Å². The van der Waals surface area contributed by atoms with Crippen molar-refractivity contribution in [3.05, 3.63) is 76.1 Å². The molecule has 190 valence electrons. The Balaban J connectivity index is 1.78. The number of phenols is 1. The second kappa shape index (κ2) is 10.9. The van der Waals surface area contributed by atoms with Crippen molar-refractivity contribution in [1.29, 1.82) is 0 Å². The zero-order valence-electron chi connectivity index (χ0n) is 21.2. The highest BCUT2D eigenvalue weighted by molar-refractivity contribution is 6.04. The third-order valence-corrected chi connectivity index (χ3v) is 6.69. The lowest BCUT2D eigenvalue weighted by atomic mass is 9.71. The number of carbonyl (C=O) groups is 2. The summed E-state index contributed by atoms with van der Waals surface area (Å²) in [6, 6.07) is 12.8. The van der Waals surface area contributed by atoms with E-state index in [0.29, 0.717) is 60.6 Å². The fourth-order valence-corrected chi connectivity index (χ4v) is 5.01. The van der Waals surface area contributed by atoms with Crippen molar-refractivity contribution in [3.63, 3.8) is 0 Å². The maximum Gasteiger partial charge on any atom is 0.336 e. The number of hydrogen-bond donors (Lipinski definition) is 2. The zero-order valence-corrected chi connectivity index (χ0v) is 21.2. The van der Waals surface area contributed by atoms with Crippen LogP contribution in [0.25, 0.3) is 0 Å². The highest BCUT2D eigenvalue weighted by Crippen LogP contribution is 2.47. The molecule has 0 saturated heterocycles. The Labute approximate surface area is 211 Å². The van der Waals surface area contributed by atoms with Crippen molar-refractivity contribution in [2.24, 2.45) is 0 Å². The molecule has 0 fully saturated rings. The van der Waals surface area contributed by atoms with E-state index in [1.54, 1.807) is 25.3 Å². The minimum absolute atomic E-state index is 0.00842. The summed E-state index contributed by atoms with van der Waals surface area (Å²) in [4.78, 5) is 26.9. The van der Waals surface area contributed by atoms with E-state index < -0.39 is 11.9 Å². The van der Waals surface area contributed by atoms with Gasteiger partial charge in [-0.1, -0.05) is 25.1 Å². The third-order valence-electron chi connectivity index (χ3n) is 6.69. The molecule has 2 aromatic carbocycles. The smallest absolute Gasteiger partial charge is 0.336 e. The SMILES string of the molecule is CCCOC(=O)C1=C(C)NC2=C(C(=O)C[C@@H](c3ccc(OC)cc3)C2)[C@@H]1c1ccc(O)c(OCC)c1. The van der Waals surface area contributed by atoms with E-state index in [1.807, 2.05) is 45.0 Å². The van der Waals surface area contributed by atoms with Crippen LogP contribution < -0.4 is 14.8 Å². The standard InChI is InChI=1S/C29H33NO6/c1-5-13-36-29(33)26-17(3)30-22-14-20(18-7-10-21(34-4)11-8-18)15-24(32)28(22)27(26)19-9-12-23(31)25(16-19)35-6-2/h7-12,16,20,27,30-31H,5-6,13-15H2,1-4H3/t20-,27+/m0/s1. The Kier molecular flexibility index (Phi) is 7.67. The number of allylic oxidation sites excluding steroid dienone is 3. The molecular weight excluding hydrogens is 458 g/mol. The number of nitrogens with one attached hydrogen (secondary N) is 1. The first kappa shape index (κ1) is 25.4. The number of ketones is 1. The molecule has 0 aromatic heterocycles. The molecule has 0 radical (unpaired) electrons. The van der Waals surface area contributed by atoms with Gasteiger partial charge in [-0.15, -0.1) is 0 Å². The molecule has 2 aromatic rings. The van der Waals surface area contributed by atoms with Gasteiger partial charge < -0.3 is 24.6 Å². The summed E-state index contributed by atoms with van der Waals surface area (Å²) in [5.41, 5.74) is 4.21. The van der Waals surface area contributed by atoms with Gasteiger partial charge in [0.15, 0.2) is 17.3 Å². The second-order valence-corrected chi connectivity index (χ2v) is 9.09. The van der Waals surface area contributed by atoms with Crippen LogP contribution in [0.15, 0.2) is 65.0 Å². The van der Waals surface area contributed by atoms with Crippen LogP contribution in [0.5, 0.6) is 17.2 Å². The zero-order chi connectivity index (χ0) is 25.8. The van der Waals surface area contributed by atoms with Crippen LogP contribution >= 0.6 is 0 Å². The lowest BCUT2D eigenvalue weighted by Gasteiger charge is -2.36. The van der Waals surface area contributed by atoms with Crippen LogP contribution in [0.2, 0.25) is 0 Å². The van der Waals surface area contributed by atoms with E-state index in [4.69, 9.17) is 14.2 Å². The van der Waals surface area contributed by atoms with Crippen molar-refractivity contribution >= 4 is 11.8 Å². The molecule has 36 heavy (non-hydrogen) atoms. The van der Waals surface area contributed by atoms with E-state index in [2.05, 4.69) is 5.32 Å². The summed E-state index contributed by atoms with van der Waals surface area (Å²) >= 11 is 0. The number of benzene rings is 2. The number of ether oxygens (including phenoxy) is 3. The molecule has 0 amide bonds. The first-order valence-corrected chi connectivity index (χ1v) is 12.4. The molecule has 0 unspecified atom stereocenters. The van der Waals surface area contributed by atoms with Gasteiger partial charge in [-0.3, -0.25) is 4.79 Å². The predicted octanol–water partition coefficient (Wildman–Crippen LogP) is 5.11. The van der Waals surface area contributed by atoms with Crippen LogP contribution in [-0.4, -0.2) is 37.2 Å². The third kappa shape index (κ3) is 4.96. The fraction of sp³-hybridized carbons (Fsp3) is 0.379. The minimum atomic E-state index is -0.616. The quantitative estimate of drug-likeness (QED) is 0.495. The largest absolute Gasteiger partial charge is 0.504 e. The summed E-state index contributed by atoms with van der Waals surface area (Å²) in [5.74, 6) is 0.0137. The van der Waals surface area contributed by atoms with Gasteiger partial charge >= 0.3 is 5.97 Å². The number of rotatable bonds is 8. The number of aromatic hydroxyl groups is 1. The van der Waals surface area contributed by atoms with Crippen molar-refractivity contribution in [2.75, 3.05) is 20.3 Å². The van der Waals surface area contributed by atoms with E-state index in [-0.39, 0.29) is 17.5 Å². The van der Waals surface area contributed by atoms with Crippen LogP contribution in [-0.2, 0) is 14.3 Å². The number of esters is 1. The molecule has 2 N–H and O–H groups in total. The molecule has 1 aliphatic carbocycles. The average Bonchev–Trinajstić information content (AvgIpc) is 2.87. The van der Waals surface area contributed by atoms with Crippen LogP contribution in [0, 0.1) is 0 Å². The molecule has 4 rings (SSSR count). The van der Waals surface area contributed by atoms with Crippen molar-refractivity contribution in [1.82, 2.24) is 5.32 Å². The Morgan fingerprint density at radius 2 is 1.81 bits per heavy atom. The van der Waals surface area contributed by atoms with Crippen molar-refractivity contribution < 1.29 is 28.9 Å². The summed E-state index contributed by atoms with van der Waals surface area (Å²) in [6.45, 7) is 6.27. The van der Waals surface area contributed by atoms with Gasteiger partial charge in [0.05, 0.1) is 25.9 Å². The predicted molar refractivity (Wildman–Crippen MR) is 136 cm³/mol. The van der Waals surface area contributed by atoms with Crippen molar-refractivity contribution in [2.45, 2.75) is 51.9 Å². The molecule has 7 heteroatoms. The monoisotopic (exact) mass is 491 g/mol. The maximum atomic E-state index is 13.7. The lowest BCUT2D eigenvalue weighted by Crippen LogP contribution is -2.36. The first-order chi connectivity index (χ1) is 17.4. The number of Topliss-reactive ketones (excluding diaryl/α,β-unsaturated/α-hetero) is 1. The second-order valence-electron chi connectivity index (χ2n) is 9.09. The molecule has 0 spiro atoms. The highest BCUT2D eigenvalue weighted by Gasteiger charge is 2.41. The van der Waals surface area contributed by atoms with Gasteiger partial charge in [0.1, 0.15) is 5.75 Å². The van der Waals surface area contributed by atoms with Gasteiger partial charge in [0.2, 0.25) is 0 Å². The van der Waals surface area contributed by atoms with Gasteiger partial charge in [0, 0.05) is 29.3 Å². The Hall–Kier alpha value is -3.74.